The fraction of sp³-hybridized carbons (Fsp3) is 0.875. The molecule has 3 saturated carbocycles. The van der Waals surface area contributed by atoms with E-state index in [0.717, 1.165) is 47.8 Å². The van der Waals surface area contributed by atoms with Gasteiger partial charge in [-0.1, -0.05) is 65.5 Å². The van der Waals surface area contributed by atoms with Crippen LogP contribution in [0, 0.1) is 64.6 Å². The molecular weight excluding hydrogens is 384 g/mol. The van der Waals surface area contributed by atoms with Crippen molar-refractivity contribution in [2.45, 2.75) is 125 Å². The summed E-state index contributed by atoms with van der Waals surface area (Å²) in [6.45, 7) is 12.8. The summed E-state index contributed by atoms with van der Waals surface area (Å²) in [6, 6.07) is 0. The maximum Gasteiger partial charge on any atom is 0.00861 e. The van der Waals surface area contributed by atoms with E-state index in [2.05, 4.69) is 46.6 Å². The van der Waals surface area contributed by atoms with E-state index >= 15 is 0 Å². The molecule has 0 N–H and O–H groups in total. The highest BCUT2D eigenvalue weighted by atomic mass is 14.6. The monoisotopic (exact) mass is 436 g/mol. The molecular formula is C32H52. The van der Waals surface area contributed by atoms with Gasteiger partial charge in [0.05, 0.1) is 0 Å². The minimum atomic E-state index is 0.508. The molecule has 32 heavy (non-hydrogen) atoms. The van der Waals surface area contributed by atoms with Crippen LogP contribution in [0.25, 0.3) is 0 Å². The third-order valence-electron chi connectivity index (χ3n) is 11.3. The maximum atomic E-state index is 5.50. The average Bonchev–Trinajstić information content (AvgIpc) is 3.11. The quantitative estimate of drug-likeness (QED) is 0.202. The zero-order chi connectivity index (χ0) is 22.9. The van der Waals surface area contributed by atoms with Crippen LogP contribution in [0.3, 0.4) is 0 Å². The third-order valence-corrected chi connectivity index (χ3v) is 11.3. The van der Waals surface area contributed by atoms with Gasteiger partial charge >= 0.3 is 0 Å². The number of rotatable bonds is 8. The van der Waals surface area contributed by atoms with Crippen LogP contribution >= 0.6 is 0 Å². The molecule has 3 fully saturated rings. The van der Waals surface area contributed by atoms with E-state index in [1.165, 1.54) is 83.5 Å². The molecule has 4 rings (SSSR count). The Bertz CT molecular complexity index is 706. The van der Waals surface area contributed by atoms with E-state index in [1.807, 2.05) is 5.57 Å². The van der Waals surface area contributed by atoms with E-state index in [-0.39, 0.29) is 0 Å². The number of unbranched alkanes of at least 4 members (excludes halogenated alkanes) is 1. The molecule has 0 heteroatoms. The van der Waals surface area contributed by atoms with Gasteiger partial charge in [-0.25, -0.2) is 0 Å². The van der Waals surface area contributed by atoms with Crippen LogP contribution in [0.15, 0.2) is 11.6 Å². The standard InChI is InChI=1S/C32H52/c1-7-8-9-13-25-18-20-31(5)26(22-25)14-15-27-29-17-16-28(24(4)12-10-11-23(2)3)32(29,6)21-19-30(27)31/h1,14,23-25,27-30H,8-13,15-22H2,2-6H3/t24-,25+,27+,28-,29+,30+,31+,32-/m1/s1. The van der Waals surface area contributed by atoms with Gasteiger partial charge in [0.15, 0.2) is 0 Å². The fourth-order valence-electron chi connectivity index (χ4n) is 9.50. The van der Waals surface area contributed by atoms with Gasteiger partial charge in [0, 0.05) is 6.42 Å². The lowest BCUT2D eigenvalue weighted by molar-refractivity contribution is -0.0529. The second-order valence-electron chi connectivity index (χ2n) is 13.5. The molecule has 4 aliphatic rings. The molecule has 0 aromatic carbocycles. The average molecular weight is 437 g/mol. The Hall–Kier alpha value is -0.700. The molecule has 0 aromatic rings. The van der Waals surface area contributed by atoms with Gasteiger partial charge in [-0.2, -0.15) is 0 Å². The molecule has 0 amide bonds. The number of terminal acetylenes is 1. The van der Waals surface area contributed by atoms with Crippen molar-refractivity contribution in [3.63, 3.8) is 0 Å². The SMILES string of the molecule is C#CCCC[C@H]1CC[C@@]2(C)C(=CC[C@H]3[C@@H]4CC[C@H]([C@H](C)CCCC(C)C)[C@@]4(C)CC[C@@H]32)C1. The molecule has 0 nitrogen and oxygen atoms in total. The predicted molar refractivity (Wildman–Crippen MR) is 139 cm³/mol. The van der Waals surface area contributed by atoms with Crippen LogP contribution in [0.2, 0.25) is 0 Å². The van der Waals surface area contributed by atoms with Crippen molar-refractivity contribution in [2.24, 2.45) is 52.3 Å². The molecule has 0 unspecified atom stereocenters. The molecule has 0 radical (unpaired) electrons. The first kappa shape index (κ1) is 24.4. The van der Waals surface area contributed by atoms with Crippen LogP contribution < -0.4 is 0 Å². The van der Waals surface area contributed by atoms with Gasteiger partial charge in [-0.3, -0.25) is 0 Å². The van der Waals surface area contributed by atoms with Crippen molar-refractivity contribution in [1.82, 2.24) is 0 Å². The molecule has 180 valence electrons. The molecule has 0 saturated heterocycles. The summed E-state index contributed by atoms with van der Waals surface area (Å²) in [7, 11) is 0. The van der Waals surface area contributed by atoms with E-state index in [4.69, 9.17) is 6.42 Å². The largest absolute Gasteiger partial charge is 0.120 e. The Kier molecular flexibility index (Phi) is 7.54. The van der Waals surface area contributed by atoms with Gasteiger partial charge in [-0.05, 0) is 116 Å². The van der Waals surface area contributed by atoms with Gasteiger partial charge in [0.1, 0.15) is 0 Å². The van der Waals surface area contributed by atoms with Crippen LogP contribution in [-0.2, 0) is 0 Å². The van der Waals surface area contributed by atoms with E-state index < -0.39 is 0 Å². The van der Waals surface area contributed by atoms with Gasteiger partial charge in [0.2, 0.25) is 0 Å². The normalized spacial score (nSPS) is 41.9. The van der Waals surface area contributed by atoms with Gasteiger partial charge < -0.3 is 0 Å². The molecule has 4 aliphatic carbocycles. The Morgan fingerprint density at radius 3 is 2.56 bits per heavy atom. The zero-order valence-corrected chi connectivity index (χ0v) is 22.1. The van der Waals surface area contributed by atoms with Gasteiger partial charge in [0.25, 0.3) is 0 Å². The summed E-state index contributed by atoms with van der Waals surface area (Å²) in [5, 5.41) is 0. The summed E-state index contributed by atoms with van der Waals surface area (Å²) >= 11 is 0. The fourth-order valence-corrected chi connectivity index (χ4v) is 9.50. The minimum absolute atomic E-state index is 0.508. The molecule has 8 atom stereocenters. The molecule has 0 aliphatic heterocycles. The van der Waals surface area contributed by atoms with Crippen molar-refractivity contribution < 1.29 is 0 Å². The first-order valence-electron chi connectivity index (χ1n) is 14.4. The van der Waals surface area contributed by atoms with Crippen molar-refractivity contribution in [1.29, 1.82) is 0 Å². The highest BCUT2D eigenvalue weighted by Gasteiger charge is 2.59. The van der Waals surface area contributed by atoms with Crippen LogP contribution in [0.5, 0.6) is 0 Å². The Morgan fingerprint density at radius 2 is 1.81 bits per heavy atom. The summed E-state index contributed by atoms with van der Waals surface area (Å²) < 4.78 is 0. The first-order valence-corrected chi connectivity index (χ1v) is 14.4. The van der Waals surface area contributed by atoms with Crippen LogP contribution in [0.4, 0.5) is 0 Å². The minimum Gasteiger partial charge on any atom is -0.120 e. The maximum absolute atomic E-state index is 5.50. The lowest BCUT2D eigenvalue weighted by Gasteiger charge is -2.58. The van der Waals surface area contributed by atoms with Gasteiger partial charge in [-0.15, -0.1) is 12.3 Å². The Balaban J connectivity index is 1.43. The highest BCUT2D eigenvalue weighted by Crippen LogP contribution is 2.67. The Labute approximate surface area is 200 Å². The third kappa shape index (κ3) is 4.49. The van der Waals surface area contributed by atoms with Crippen molar-refractivity contribution in [3.8, 4) is 12.3 Å². The Morgan fingerprint density at radius 1 is 1.00 bits per heavy atom. The summed E-state index contributed by atoms with van der Waals surface area (Å²) in [5.41, 5.74) is 2.98. The summed E-state index contributed by atoms with van der Waals surface area (Å²) in [4.78, 5) is 0. The van der Waals surface area contributed by atoms with Crippen molar-refractivity contribution in [3.05, 3.63) is 11.6 Å². The number of fused-ring (bicyclic) bond motifs is 5. The van der Waals surface area contributed by atoms with E-state index in [1.54, 1.807) is 0 Å². The number of hydrogen-bond acceptors (Lipinski definition) is 0. The van der Waals surface area contributed by atoms with Crippen molar-refractivity contribution >= 4 is 0 Å². The highest BCUT2D eigenvalue weighted by molar-refractivity contribution is 5.25. The summed E-state index contributed by atoms with van der Waals surface area (Å²) in [6.07, 6.45) is 27.8. The predicted octanol–water partition coefficient (Wildman–Crippen LogP) is 9.45. The number of hydrogen-bond donors (Lipinski definition) is 0. The second kappa shape index (κ2) is 9.88. The zero-order valence-electron chi connectivity index (χ0n) is 22.1. The van der Waals surface area contributed by atoms with E-state index in [9.17, 15) is 0 Å². The lowest BCUT2D eigenvalue weighted by atomic mass is 9.46. The second-order valence-corrected chi connectivity index (χ2v) is 13.5. The van der Waals surface area contributed by atoms with Crippen LogP contribution in [0.1, 0.15) is 125 Å². The molecule has 0 aromatic heterocycles. The molecule has 0 bridgehead atoms. The molecule has 0 heterocycles. The summed E-state index contributed by atoms with van der Waals surface area (Å²) in [5.74, 6) is 9.42. The molecule has 0 spiro atoms. The van der Waals surface area contributed by atoms with Crippen molar-refractivity contribution in [2.75, 3.05) is 0 Å². The van der Waals surface area contributed by atoms with Crippen LogP contribution in [-0.4, -0.2) is 0 Å². The smallest absolute Gasteiger partial charge is 0.00861 e. The first-order chi connectivity index (χ1) is 15.3. The lowest BCUT2D eigenvalue weighted by Crippen LogP contribution is -2.50. The number of allylic oxidation sites excluding steroid dienone is 2. The topological polar surface area (TPSA) is 0 Å². The van der Waals surface area contributed by atoms with E-state index in [0.29, 0.717) is 10.8 Å².